The molecule has 0 saturated heterocycles. The van der Waals surface area contributed by atoms with Crippen LogP contribution in [0.25, 0.3) is 0 Å². The Morgan fingerprint density at radius 2 is 1.71 bits per heavy atom. The van der Waals surface area contributed by atoms with E-state index in [1.54, 1.807) is 11.9 Å². The Labute approximate surface area is 174 Å². The molecule has 28 heavy (non-hydrogen) atoms. The number of aliphatic carboxylic acids is 1. The molecule has 152 valence electrons. The Kier molecular flexibility index (Phi) is 8.91. The molecular formula is C24H33NO2S. The zero-order chi connectivity index (χ0) is 20.5. The third-order valence-corrected chi connectivity index (χ3v) is 5.79. The van der Waals surface area contributed by atoms with Crippen LogP contribution in [-0.2, 0) is 11.2 Å². The van der Waals surface area contributed by atoms with Crippen LogP contribution in [0.1, 0.15) is 74.1 Å². The van der Waals surface area contributed by atoms with Gasteiger partial charge in [0.2, 0.25) is 0 Å². The number of nitrogens with one attached hydrogen (secondary N) is 1. The maximum Gasteiger partial charge on any atom is 0.303 e. The molecule has 0 atom stereocenters. The van der Waals surface area contributed by atoms with Gasteiger partial charge < -0.3 is 9.83 Å². The van der Waals surface area contributed by atoms with Crippen molar-refractivity contribution in [3.63, 3.8) is 0 Å². The number of hydrogen-bond acceptors (Lipinski definition) is 3. The zero-order valence-electron chi connectivity index (χ0n) is 17.5. The Morgan fingerprint density at radius 1 is 1.04 bits per heavy atom. The van der Waals surface area contributed by atoms with Crippen LogP contribution in [0.15, 0.2) is 41.3 Å². The van der Waals surface area contributed by atoms with Gasteiger partial charge in [-0.1, -0.05) is 51.0 Å². The molecule has 0 heterocycles. The van der Waals surface area contributed by atoms with Crippen molar-refractivity contribution < 1.29 is 9.90 Å². The molecule has 0 spiro atoms. The minimum Gasteiger partial charge on any atom is -0.481 e. The van der Waals surface area contributed by atoms with Crippen molar-refractivity contribution in [3.8, 4) is 0 Å². The summed E-state index contributed by atoms with van der Waals surface area (Å²) < 4.78 is 3.55. The number of aryl methyl sites for hydroxylation is 3. The fraction of sp³-hybridized carbons (Fsp3) is 0.458. The Balaban J connectivity index is 1.87. The van der Waals surface area contributed by atoms with Crippen molar-refractivity contribution in [1.29, 1.82) is 0 Å². The van der Waals surface area contributed by atoms with E-state index < -0.39 is 5.97 Å². The van der Waals surface area contributed by atoms with Crippen LogP contribution in [0.3, 0.4) is 0 Å². The lowest BCUT2D eigenvalue weighted by Crippen LogP contribution is -1.98. The summed E-state index contributed by atoms with van der Waals surface area (Å²) in [7, 11) is 0. The lowest BCUT2D eigenvalue weighted by molar-refractivity contribution is -0.137. The van der Waals surface area contributed by atoms with Gasteiger partial charge in [-0.15, -0.1) is 0 Å². The van der Waals surface area contributed by atoms with E-state index in [0.717, 1.165) is 32.1 Å². The van der Waals surface area contributed by atoms with Crippen LogP contribution in [0, 0.1) is 13.8 Å². The van der Waals surface area contributed by atoms with Gasteiger partial charge in [-0.2, -0.15) is 0 Å². The molecule has 0 bridgehead atoms. The predicted molar refractivity (Wildman–Crippen MR) is 120 cm³/mol. The van der Waals surface area contributed by atoms with E-state index in [0.29, 0.717) is 5.92 Å². The van der Waals surface area contributed by atoms with Crippen molar-refractivity contribution in [1.82, 2.24) is 0 Å². The summed E-state index contributed by atoms with van der Waals surface area (Å²) in [5.74, 6) is -0.151. The van der Waals surface area contributed by atoms with Gasteiger partial charge in [0.05, 0.1) is 5.69 Å². The highest BCUT2D eigenvalue weighted by Crippen LogP contribution is 2.30. The van der Waals surface area contributed by atoms with Gasteiger partial charge in [-0.05, 0) is 85.4 Å². The average Bonchev–Trinajstić information content (AvgIpc) is 2.63. The normalized spacial score (nSPS) is 11.0. The molecule has 0 unspecified atom stereocenters. The van der Waals surface area contributed by atoms with E-state index in [1.165, 1.54) is 32.8 Å². The number of carbonyl (C=O) groups is 1. The molecule has 2 N–H and O–H groups in total. The Bertz CT molecular complexity index is 763. The maximum atomic E-state index is 10.5. The molecule has 0 aliphatic carbocycles. The van der Waals surface area contributed by atoms with Crippen LogP contribution < -0.4 is 4.72 Å². The van der Waals surface area contributed by atoms with E-state index in [-0.39, 0.29) is 6.42 Å². The molecule has 0 radical (unpaired) electrons. The van der Waals surface area contributed by atoms with Gasteiger partial charge in [0.15, 0.2) is 0 Å². The van der Waals surface area contributed by atoms with Gasteiger partial charge >= 0.3 is 5.97 Å². The van der Waals surface area contributed by atoms with E-state index in [9.17, 15) is 4.79 Å². The van der Waals surface area contributed by atoms with Crippen molar-refractivity contribution in [2.45, 2.75) is 77.0 Å². The number of rotatable bonds is 11. The number of hydrogen-bond donors (Lipinski definition) is 2. The summed E-state index contributed by atoms with van der Waals surface area (Å²) >= 11 is 1.67. The van der Waals surface area contributed by atoms with E-state index in [1.807, 2.05) is 0 Å². The van der Waals surface area contributed by atoms with Gasteiger partial charge in [0.1, 0.15) is 0 Å². The van der Waals surface area contributed by atoms with Crippen LogP contribution >= 0.6 is 11.9 Å². The van der Waals surface area contributed by atoms with Crippen LogP contribution in [0.2, 0.25) is 0 Å². The first-order valence-electron chi connectivity index (χ1n) is 10.2. The second-order valence-corrected chi connectivity index (χ2v) is 8.72. The van der Waals surface area contributed by atoms with E-state index in [2.05, 4.69) is 68.8 Å². The first-order valence-corrected chi connectivity index (χ1v) is 11.0. The highest BCUT2D eigenvalue weighted by atomic mass is 32.2. The molecule has 0 aliphatic rings. The molecule has 4 heteroatoms. The smallest absolute Gasteiger partial charge is 0.303 e. The monoisotopic (exact) mass is 399 g/mol. The van der Waals surface area contributed by atoms with E-state index in [4.69, 9.17) is 5.11 Å². The maximum absolute atomic E-state index is 10.5. The molecule has 2 aromatic rings. The minimum absolute atomic E-state index is 0.286. The molecular weight excluding hydrogens is 366 g/mol. The number of unbranched alkanes of at least 4 members (excludes halogenated alkanes) is 3. The summed E-state index contributed by atoms with van der Waals surface area (Å²) in [4.78, 5) is 11.8. The van der Waals surface area contributed by atoms with E-state index >= 15 is 0 Å². The SMILES string of the molecule is Cc1cc(C(C)C)cc(C)c1NSc1cccc(CCCCCCC(=O)O)c1. The van der Waals surface area contributed by atoms with Crippen LogP contribution in [-0.4, -0.2) is 11.1 Å². The van der Waals surface area contributed by atoms with Crippen molar-refractivity contribution >= 4 is 23.6 Å². The summed E-state index contributed by atoms with van der Waals surface area (Å²) in [6.07, 6.45) is 5.30. The van der Waals surface area contributed by atoms with Gasteiger partial charge in [0.25, 0.3) is 0 Å². The van der Waals surface area contributed by atoms with Gasteiger partial charge in [-0.3, -0.25) is 4.79 Å². The quantitative estimate of drug-likeness (QED) is 0.312. The third-order valence-electron chi connectivity index (χ3n) is 5.00. The average molecular weight is 400 g/mol. The Hall–Kier alpha value is -1.94. The van der Waals surface area contributed by atoms with Crippen molar-refractivity contribution in [3.05, 3.63) is 58.7 Å². The number of benzene rings is 2. The number of carboxylic acid groups (broad SMARTS) is 1. The number of carboxylic acids is 1. The molecule has 0 fully saturated rings. The summed E-state index contributed by atoms with van der Waals surface area (Å²) in [6, 6.07) is 13.2. The van der Waals surface area contributed by atoms with Gasteiger partial charge in [0, 0.05) is 11.3 Å². The largest absolute Gasteiger partial charge is 0.481 e. The highest BCUT2D eigenvalue weighted by molar-refractivity contribution is 8.00. The fourth-order valence-electron chi connectivity index (χ4n) is 3.32. The zero-order valence-corrected chi connectivity index (χ0v) is 18.4. The van der Waals surface area contributed by atoms with Gasteiger partial charge in [-0.25, -0.2) is 0 Å². The molecule has 2 aromatic carbocycles. The van der Waals surface area contributed by atoms with Crippen molar-refractivity contribution in [2.75, 3.05) is 4.72 Å². The summed E-state index contributed by atoms with van der Waals surface area (Å²) in [5, 5.41) is 8.68. The van der Waals surface area contributed by atoms with Crippen molar-refractivity contribution in [2.24, 2.45) is 0 Å². The molecule has 0 aromatic heterocycles. The molecule has 2 rings (SSSR count). The van der Waals surface area contributed by atoms with Crippen LogP contribution in [0.4, 0.5) is 5.69 Å². The third kappa shape index (κ3) is 7.23. The predicted octanol–water partition coefficient (Wildman–Crippen LogP) is 7.12. The molecule has 0 aliphatic heterocycles. The minimum atomic E-state index is -0.693. The summed E-state index contributed by atoms with van der Waals surface area (Å²) in [6.45, 7) is 8.80. The second kappa shape index (κ2) is 11.2. The molecule has 3 nitrogen and oxygen atoms in total. The lowest BCUT2D eigenvalue weighted by Gasteiger charge is -2.16. The summed E-state index contributed by atoms with van der Waals surface area (Å²) in [5.41, 5.74) is 6.50. The first-order chi connectivity index (χ1) is 13.4. The van der Waals surface area contributed by atoms with Crippen LogP contribution in [0.5, 0.6) is 0 Å². The molecule has 0 saturated carbocycles. The topological polar surface area (TPSA) is 49.3 Å². The number of anilines is 1. The highest BCUT2D eigenvalue weighted by Gasteiger charge is 2.08. The molecule has 0 amide bonds. The fourth-order valence-corrected chi connectivity index (χ4v) is 4.22. The lowest BCUT2D eigenvalue weighted by atomic mass is 9.97. The first kappa shape index (κ1) is 22.4. The standard InChI is InChI=1S/C24H33NO2S/c1-17(2)21-14-18(3)24(19(4)15-21)25-28-22-12-9-11-20(16-22)10-7-5-6-8-13-23(26)27/h9,11-12,14-17,25H,5-8,10,13H2,1-4H3,(H,26,27). The second-order valence-electron chi connectivity index (χ2n) is 7.84. The Morgan fingerprint density at radius 3 is 2.36 bits per heavy atom.